The van der Waals surface area contributed by atoms with Gasteiger partial charge in [-0.1, -0.05) is 27.7 Å². The first-order chi connectivity index (χ1) is 18.9. The zero-order valence-corrected chi connectivity index (χ0v) is 24.8. The summed E-state index contributed by atoms with van der Waals surface area (Å²) in [6.45, 7) is 11.1. The number of piperidine rings is 1. The zero-order valence-electron chi connectivity index (χ0n) is 24.8. The van der Waals surface area contributed by atoms with Crippen LogP contribution in [0.25, 0.3) is 0 Å². The van der Waals surface area contributed by atoms with E-state index < -0.39 is 40.3 Å². The highest BCUT2D eigenvalue weighted by Crippen LogP contribution is 2.83. The van der Waals surface area contributed by atoms with E-state index in [0.717, 1.165) is 25.9 Å². The molecule has 0 aromatic heterocycles. The van der Waals surface area contributed by atoms with Crippen LogP contribution in [-0.2, 0) is 38.0 Å². The van der Waals surface area contributed by atoms with Crippen LogP contribution < -0.4 is 0 Å². The van der Waals surface area contributed by atoms with Gasteiger partial charge in [0.15, 0.2) is 5.60 Å². The Kier molecular flexibility index (Phi) is 5.79. The van der Waals surface area contributed by atoms with E-state index in [1.165, 1.54) is 6.92 Å². The maximum Gasteiger partial charge on any atom is 0.308 e. The molecule has 0 radical (unpaired) electrons. The second kappa shape index (κ2) is 8.41. The summed E-state index contributed by atoms with van der Waals surface area (Å²) in [7, 11) is 3.40. The minimum atomic E-state index is -1.34. The van der Waals surface area contributed by atoms with E-state index in [1.807, 2.05) is 13.8 Å². The van der Waals surface area contributed by atoms with Gasteiger partial charge in [0.05, 0.1) is 41.1 Å². The van der Waals surface area contributed by atoms with E-state index in [9.17, 15) is 14.7 Å². The maximum atomic E-state index is 13.6. The summed E-state index contributed by atoms with van der Waals surface area (Å²) in [6, 6.07) is -0.322. The van der Waals surface area contributed by atoms with Crippen molar-refractivity contribution in [2.75, 3.05) is 34.1 Å². The van der Waals surface area contributed by atoms with E-state index in [-0.39, 0.29) is 60.2 Å². The summed E-state index contributed by atoms with van der Waals surface area (Å²) in [5, 5.41) is 13.6. The molecule has 0 amide bonds. The number of hydrogen-bond donors (Lipinski definition) is 1. The van der Waals surface area contributed by atoms with E-state index in [0.29, 0.717) is 12.8 Å². The van der Waals surface area contributed by atoms with E-state index in [4.69, 9.17) is 28.4 Å². The van der Waals surface area contributed by atoms with Crippen LogP contribution in [0.2, 0.25) is 0 Å². The average Bonchev–Trinajstić information content (AvgIpc) is 3.44. The highest BCUT2D eigenvalue weighted by molar-refractivity contribution is 5.72. The Labute approximate surface area is 236 Å². The largest absolute Gasteiger partial charge is 0.461 e. The number of aliphatic hydroxyl groups is 1. The molecule has 5 saturated carbocycles. The molecule has 224 valence electrons. The summed E-state index contributed by atoms with van der Waals surface area (Å²) in [6.07, 6.45) is 0.555. The van der Waals surface area contributed by atoms with Crippen molar-refractivity contribution in [3.8, 4) is 0 Å². The van der Waals surface area contributed by atoms with Gasteiger partial charge in [-0.2, -0.15) is 0 Å². The Morgan fingerprint density at radius 1 is 1.10 bits per heavy atom. The molecule has 2 unspecified atom stereocenters. The van der Waals surface area contributed by atoms with Crippen LogP contribution in [0.5, 0.6) is 0 Å². The molecule has 2 heterocycles. The van der Waals surface area contributed by atoms with Crippen molar-refractivity contribution in [2.24, 2.45) is 34.5 Å². The summed E-state index contributed by atoms with van der Waals surface area (Å²) < 4.78 is 38.9. The fourth-order valence-electron chi connectivity index (χ4n) is 11.9. The molecular formula is C30H45NO9. The number of nitrogens with zero attached hydrogens (tertiary/aromatic N) is 1. The lowest BCUT2D eigenvalue weighted by Crippen LogP contribution is -2.85. The Hall–Kier alpha value is -1.30. The van der Waals surface area contributed by atoms with Crippen LogP contribution in [0, 0.1) is 34.5 Å². The third-order valence-corrected chi connectivity index (χ3v) is 12.6. The predicted octanol–water partition coefficient (Wildman–Crippen LogP) is 1.90. The standard InChI is InChI=1S/C30H45NO9/c1-8-31-13-26(5)10-9-19(36-7)29-22(26)23(39-16(4)32)30(25(29)31)28(37-14-38-30)12-18(35-6)17-11-27(29,34)21(28)20(17)40-24(33)15(2)3/h15,17-23,25,34H,8-14H2,1-7H3/t17-,18+,19+,20?,21+,22-,23+,25+,26+,27+,28-,29-,30?/m1/s1. The van der Waals surface area contributed by atoms with Gasteiger partial charge in [-0.05, 0) is 31.2 Å². The van der Waals surface area contributed by atoms with Crippen molar-refractivity contribution in [2.45, 2.75) is 108 Å². The third-order valence-electron chi connectivity index (χ3n) is 12.6. The molecule has 7 rings (SSSR count). The van der Waals surface area contributed by atoms with E-state index >= 15 is 0 Å². The SMILES string of the molecule is CCN1C[C@]2(C)CC[C@H](OC)[C@@]34[C@H]1C1(OCO[C@@]15C[C@H](OC)[C@H]1C[C@]3(O)[C@@H]5C1OC(=O)C(C)C)[C@@H](OC(C)=O)[C@H]24. The van der Waals surface area contributed by atoms with Crippen molar-refractivity contribution < 1.29 is 43.1 Å². The number of ether oxygens (including phenoxy) is 6. The second-order valence-electron chi connectivity index (χ2n) is 14.2. The Balaban J connectivity index is 1.57. The fourth-order valence-corrected chi connectivity index (χ4v) is 11.9. The van der Waals surface area contributed by atoms with Crippen LogP contribution in [-0.4, -0.2) is 103 Å². The molecule has 2 saturated heterocycles. The summed E-state index contributed by atoms with van der Waals surface area (Å²) in [5.74, 6) is -2.04. The minimum absolute atomic E-state index is 0.00150. The van der Waals surface area contributed by atoms with Gasteiger partial charge in [-0.25, -0.2) is 0 Å². The number of hydrogen-bond acceptors (Lipinski definition) is 10. The number of rotatable bonds is 6. The first-order valence-electron chi connectivity index (χ1n) is 15.1. The lowest BCUT2D eigenvalue weighted by molar-refractivity contribution is -0.331. The van der Waals surface area contributed by atoms with E-state index in [2.05, 4.69) is 18.7 Å². The molecule has 0 aromatic rings. The van der Waals surface area contributed by atoms with Gasteiger partial charge >= 0.3 is 11.9 Å². The lowest BCUT2D eigenvalue weighted by Gasteiger charge is -2.71. The molecular weight excluding hydrogens is 518 g/mol. The number of methoxy groups -OCH3 is 2. The number of esters is 2. The van der Waals surface area contributed by atoms with Gasteiger partial charge < -0.3 is 33.5 Å². The Morgan fingerprint density at radius 3 is 2.48 bits per heavy atom. The van der Waals surface area contributed by atoms with Gasteiger partial charge in [0.25, 0.3) is 0 Å². The molecule has 13 atom stereocenters. The van der Waals surface area contributed by atoms with Gasteiger partial charge in [0.2, 0.25) is 0 Å². The van der Waals surface area contributed by atoms with Gasteiger partial charge in [0.1, 0.15) is 24.6 Å². The number of carbonyl (C=O) groups is 2. The summed E-state index contributed by atoms with van der Waals surface area (Å²) in [5.41, 5.74) is -4.64. The van der Waals surface area contributed by atoms with Crippen LogP contribution in [0.4, 0.5) is 0 Å². The summed E-state index contributed by atoms with van der Waals surface area (Å²) in [4.78, 5) is 28.5. The van der Waals surface area contributed by atoms with Gasteiger partial charge in [-0.15, -0.1) is 0 Å². The Bertz CT molecular complexity index is 1120. The lowest BCUT2D eigenvalue weighted by atomic mass is 9.41. The molecule has 10 nitrogen and oxygen atoms in total. The molecule has 7 fully saturated rings. The second-order valence-corrected chi connectivity index (χ2v) is 14.2. The van der Waals surface area contributed by atoms with Crippen molar-refractivity contribution in [1.82, 2.24) is 4.90 Å². The van der Waals surface area contributed by atoms with Crippen molar-refractivity contribution in [3.63, 3.8) is 0 Å². The fraction of sp³-hybridized carbons (Fsp3) is 0.933. The first kappa shape index (κ1) is 27.5. The molecule has 1 N–H and O–H groups in total. The van der Waals surface area contributed by atoms with Gasteiger partial charge in [-0.3, -0.25) is 14.5 Å². The number of fused-ring (bicyclic) bond motifs is 1. The molecule has 7 bridgehead atoms. The van der Waals surface area contributed by atoms with Crippen molar-refractivity contribution in [1.29, 1.82) is 0 Å². The Morgan fingerprint density at radius 2 is 1.85 bits per heavy atom. The summed E-state index contributed by atoms with van der Waals surface area (Å²) >= 11 is 0. The highest BCUT2D eigenvalue weighted by Gasteiger charge is 2.98. The van der Waals surface area contributed by atoms with Crippen molar-refractivity contribution >= 4 is 11.9 Å². The molecule has 7 aliphatic rings. The topological polar surface area (TPSA) is 113 Å². The van der Waals surface area contributed by atoms with Crippen LogP contribution in [0.3, 0.4) is 0 Å². The minimum Gasteiger partial charge on any atom is -0.461 e. The van der Waals surface area contributed by atoms with Crippen LogP contribution in [0.1, 0.15) is 60.3 Å². The molecule has 0 aromatic carbocycles. The molecule has 2 aliphatic heterocycles. The van der Waals surface area contributed by atoms with Crippen LogP contribution >= 0.6 is 0 Å². The number of likely N-dealkylation sites (N-methyl/N-ethyl adjacent to an activating group) is 1. The monoisotopic (exact) mass is 563 g/mol. The highest BCUT2D eigenvalue weighted by atomic mass is 16.7. The maximum absolute atomic E-state index is 13.6. The van der Waals surface area contributed by atoms with Crippen LogP contribution in [0.15, 0.2) is 0 Å². The predicted molar refractivity (Wildman–Crippen MR) is 140 cm³/mol. The quantitative estimate of drug-likeness (QED) is 0.481. The smallest absolute Gasteiger partial charge is 0.308 e. The zero-order chi connectivity index (χ0) is 28.6. The number of likely N-dealkylation sites (tertiary alicyclic amines) is 1. The molecule has 40 heavy (non-hydrogen) atoms. The van der Waals surface area contributed by atoms with E-state index in [1.54, 1.807) is 14.2 Å². The molecule has 10 heteroatoms. The van der Waals surface area contributed by atoms with Crippen molar-refractivity contribution in [3.05, 3.63) is 0 Å². The molecule has 5 aliphatic carbocycles. The molecule has 3 spiro atoms. The number of carbonyl (C=O) groups excluding carboxylic acids is 2. The van der Waals surface area contributed by atoms with Gasteiger partial charge in [0, 0.05) is 45.9 Å². The third kappa shape index (κ3) is 2.70. The normalized spacial score (nSPS) is 55.3. The average molecular weight is 564 g/mol. The first-order valence-corrected chi connectivity index (χ1v) is 15.1.